The Bertz CT molecular complexity index is 993. The van der Waals surface area contributed by atoms with Gasteiger partial charge in [0.05, 0.1) is 18.5 Å². The first kappa shape index (κ1) is 19.1. The van der Waals surface area contributed by atoms with E-state index in [0.29, 0.717) is 39.1 Å². The van der Waals surface area contributed by atoms with Gasteiger partial charge in [-0.05, 0) is 23.8 Å². The number of carbonyl (C=O) groups is 2. The van der Waals surface area contributed by atoms with E-state index in [1.54, 1.807) is 6.20 Å². The molecule has 3 aromatic rings. The number of piperazine rings is 1. The summed E-state index contributed by atoms with van der Waals surface area (Å²) in [5, 5.41) is 3.95. The number of carbonyl (C=O) groups excluding carboxylic acids is 2. The normalized spacial score (nSPS) is 14.7. The molecule has 0 radical (unpaired) electrons. The van der Waals surface area contributed by atoms with E-state index in [4.69, 9.17) is 0 Å². The summed E-state index contributed by atoms with van der Waals surface area (Å²) in [7, 11) is 0. The van der Waals surface area contributed by atoms with Crippen molar-refractivity contribution in [2.75, 3.05) is 38.0 Å². The second-order valence-corrected chi connectivity index (χ2v) is 7.24. The lowest BCUT2D eigenvalue weighted by Gasteiger charge is -2.34. The molecule has 2 aromatic carbocycles. The predicted octanol–water partition coefficient (Wildman–Crippen LogP) is 2.56. The van der Waals surface area contributed by atoms with Gasteiger partial charge in [-0.1, -0.05) is 42.5 Å². The molecule has 1 aromatic heterocycles. The Balaban J connectivity index is 1.29. The van der Waals surface area contributed by atoms with Crippen LogP contribution in [0.25, 0.3) is 10.9 Å². The summed E-state index contributed by atoms with van der Waals surface area (Å²) in [5.41, 5.74) is 2.65. The van der Waals surface area contributed by atoms with E-state index < -0.39 is 0 Å². The second kappa shape index (κ2) is 8.84. The van der Waals surface area contributed by atoms with Crippen molar-refractivity contribution in [2.45, 2.75) is 6.42 Å². The van der Waals surface area contributed by atoms with E-state index in [-0.39, 0.29) is 11.8 Å². The lowest BCUT2D eigenvalue weighted by Crippen LogP contribution is -2.50. The molecule has 0 unspecified atom stereocenters. The maximum Gasteiger partial charge on any atom is 0.238 e. The first-order chi connectivity index (χ1) is 14.2. The number of para-hydroxylation sites is 2. The van der Waals surface area contributed by atoms with E-state index in [1.165, 1.54) is 0 Å². The van der Waals surface area contributed by atoms with Crippen molar-refractivity contribution in [3.05, 3.63) is 72.4 Å². The molecular formula is C23H24N4O2. The van der Waals surface area contributed by atoms with Gasteiger partial charge in [0.25, 0.3) is 0 Å². The van der Waals surface area contributed by atoms with E-state index >= 15 is 0 Å². The standard InChI is InChI=1S/C23H24N4O2/c28-21(25-20-9-2-1-3-10-20)17-26-12-14-27(15-13-26)22(29)16-19-7-4-6-18-8-5-11-24-23(18)19/h1-11H,12-17H2,(H,25,28). The van der Waals surface area contributed by atoms with Crippen molar-refractivity contribution in [3.63, 3.8) is 0 Å². The van der Waals surface area contributed by atoms with Gasteiger partial charge in [0.15, 0.2) is 0 Å². The van der Waals surface area contributed by atoms with Crippen LogP contribution in [0.5, 0.6) is 0 Å². The van der Waals surface area contributed by atoms with Crippen molar-refractivity contribution in [1.82, 2.24) is 14.8 Å². The molecular weight excluding hydrogens is 364 g/mol. The van der Waals surface area contributed by atoms with Crippen LogP contribution >= 0.6 is 0 Å². The predicted molar refractivity (Wildman–Crippen MR) is 114 cm³/mol. The molecule has 0 spiro atoms. The molecule has 148 valence electrons. The highest BCUT2D eigenvalue weighted by Gasteiger charge is 2.23. The van der Waals surface area contributed by atoms with Crippen LogP contribution in [0.3, 0.4) is 0 Å². The molecule has 0 aliphatic carbocycles. The maximum absolute atomic E-state index is 12.8. The van der Waals surface area contributed by atoms with Crippen LogP contribution in [0.15, 0.2) is 66.9 Å². The Kier molecular flexibility index (Phi) is 5.81. The highest BCUT2D eigenvalue weighted by molar-refractivity contribution is 5.92. The number of aromatic nitrogens is 1. The number of nitrogens with one attached hydrogen (secondary N) is 1. The fourth-order valence-corrected chi connectivity index (χ4v) is 3.67. The summed E-state index contributed by atoms with van der Waals surface area (Å²) >= 11 is 0. The number of pyridine rings is 1. The minimum atomic E-state index is -0.0298. The monoisotopic (exact) mass is 388 g/mol. The van der Waals surface area contributed by atoms with Gasteiger partial charge in [0.2, 0.25) is 11.8 Å². The fraction of sp³-hybridized carbons (Fsp3) is 0.261. The Labute approximate surface area is 170 Å². The summed E-state index contributed by atoms with van der Waals surface area (Å²) in [4.78, 5) is 33.4. The zero-order chi connectivity index (χ0) is 20.1. The Hall–Kier alpha value is -3.25. The molecule has 2 amide bonds. The van der Waals surface area contributed by atoms with Crippen molar-refractivity contribution in [3.8, 4) is 0 Å². The number of amides is 2. The first-order valence-corrected chi connectivity index (χ1v) is 9.87. The molecule has 1 aliphatic rings. The minimum absolute atomic E-state index is 0.0298. The third-order valence-electron chi connectivity index (χ3n) is 5.21. The molecule has 1 N–H and O–H groups in total. The van der Waals surface area contributed by atoms with Gasteiger partial charge in [-0.2, -0.15) is 0 Å². The van der Waals surface area contributed by atoms with Gasteiger partial charge in [0.1, 0.15) is 0 Å². The van der Waals surface area contributed by atoms with Crippen molar-refractivity contribution >= 4 is 28.4 Å². The molecule has 1 saturated heterocycles. The third kappa shape index (κ3) is 4.78. The van der Waals surface area contributed by atoms with E-state index in [9.17, 15) is 9.59 Å². The van der Waals surface area contributed by atoms with Gasteiger partial charge in [0, 0.05) is 43.4 Å². The number of hydrogen-bond donors (Lipinski definition) is 1. The second-order valence-electron chi connectivity index (χ2n) is 7.24. The smallest absolute Gasteiger partial charge is 0.238 e. The van der Waals surface area contributed by atoms with Crippen LogP contribution in [-0.4, -0.2) is 59.3 Å². The SMILES string of the molecule is O=C(CN1CCN(C(=O)Cc2cccc3cccnc23)CC1)Nc1ccccc1. The first-order valence-electron chi connectivity index (χ1n) is 9.87. The molecule has 2 heterocycles. The van der Waals surface area contributed by atoms with Crippen LogP contribution < -0.4 is 5.32 Å². The van der Waals surface area contributed by atoms with Crippen LogP contribution in [0.1, 0.15) is 5.56 Å². The topological polar surface area (TPSA) is 65.5 Å². The quantitative estimate of drug-likeness (QED) is 0.730. The summed E-state index contributed by atoms with van der Waals surface area (Å²) < 4.78 is 0. The maximum atomic E-state index is 12.8. The Morgan fingerprint density at radius 1 is 0.897 bits per heavy atom. The fourth-order valence-electron chi connectivity index (χ4n) is 3.67. The molecule has 0 atom stereocenters. The zero-order valence-corrected chi connectivity index (χ0v) is 16.3. The highest BCUT2D eigenvalue weighted by Crippen LogP contribution is 2.17. The molecule has 4 rings (SSSR count). The molecule has 0 bridgehead atoms. The average Bonchev–Trinajstić information content (AvgIpc) is 2.75. The van der Waals surface area contributed by atoms with Crippen LogP contribution in [0.2, 0.25) is 0 Å². The molecule has 29 heavy (non-hydrogen) atoms. The summed E-state index contributed by atoms with van der Waals surface area (Å²) in [6.07, 6.45) is 2.11. The Morgan fingerprint density at radius 2 is 1.66 bits per heavy atom. The van der Waals surface area contributed by atoms with Gasteiger partial charge < -0.3 is 10.2 Å². The van der Waals surface area contributed by atoms with E-state index in [1.807, 2.05) is 65.6 Å². The highest BCUT2D eigenvalue weighted by atomic mass is 16.2. The van der Waals surface area contributed by atoms with Gasteiger partial charge >= 0.3 is 0 Å². The minimum Gasteiger partial charge on any atom is -0.340 e. The van der Waals surface area contributed by atoms with Crippen LogP contribution in [0, 0.1) is 0 Å². The Morgan fingerprint density at radius 3 is 2.45 bits per heavy atom. The zero-order valence-electron chi connectivity index (χ0n) is 16.3. The molecule has 6 heteroatoms. The van der Waals surface area contributed by atoms with E-state index in [2.05, 4.69) is 15.2 Å². The summed E-state index contributed by atoms with van der Waals surface area (Å²) in [6, 6.07) is 19.3. The van der Waals surface area contributed by atoms with E-state index in [0.717, 1.165) is 22.2 Å². The molecule has 1 aliphatic heterocycles. The number of benzene rings is 2. The number of fused-ring (bicyclic) bond motifs is 1. The van der Waals surface area contributed by atoms with Crippen molar-refractivity contribution in [1.29, 1.82) is 0 Å². The lowest BCUT2D eigenvalue weighted by molar-refractivity contribution is -0.132. The summed E-state index contributed by atoms with van der Waals surface area (Å²) in [6.45, 7) is 3.00. The van der Waals surface area contributed by atoms with Crippen LogP contribution in [-0.2, 0) is 16.0 Å². The summed E-state index contributed by atoms with van der Waals surface area (Å²) in [5.74, 6) is 0.0781. The third-order valence-corrected chi connectivity index (χ3v) is 5.21. The van der Waals surface area contributed by atoms with Crippen molar-refractivity contribution in [2.24, 2.45) is 0 Å². The molecule has 1 fully saturated rings. The van der Waals surface area contributed by atoms with Gasteiger partial charge in [-0.25, -0.2) is 0 Å². The average molecular weight is 388 g/mol. The van der Waals surface area contributed by atoms with Crippen molar-refractivity contribution < 1.29 is 9.59 Å². The number of nitrogens with zero attached hydrogens (tertiary/aromatic N) is 3. The van der Waals surface area contributed by atoms with Gasteiger partial charge in [-0.15, -0.1) is 0 Å². The number of rotatable bonds is 5. The lowest BCUT2D eigenvalue weighted by atomic mass is 10.1. The van der Waals surface area contributed by atoms with Crippen LogP contribution in [0.4, 0.5) is 5.69 Å². The number of hydrogen-bond acceptors (Lipinski definition) is 4. The molecule has 0 saturated carbocycles. The molecule has 6 nitrogen and oxygen atoms in total. The van der Waals surface area contributed by atoms with Gasteiger partial charge in [-0.3, -0.25) is 19.5 Å². The number of anilines is 1. The largest absolute Gasteiger partial charge is 0.340 e.